The van der Waals surface area contributed by atoms with E-state index in [4.69, 9.17) is 5.73 Å². The van der Waals surface area contributed by atoms with Crippen LogP contribution >= 0.6 is 0 Å². The second-order valence-corrected chi connectivity index (χ2v) is 3.41. The van der Waals surface area contributed by atoms with Crippen LogP contribution in [0.4, 0.5) is 5.69 Å². The minimum atomic E-state index is 0.684. The number of nitrogens with two attached hydrogens (primary N) is 1. The lowest BCUT2D eigenvalue weighted by atomic mass is 10.2. The standard InChI is InChI=1S/C9H13N5/c1-6-7(4-13(2)11-6)9-8(10)5-14(3)12-9/h4-5H,10H2,1-3H3. The number of nitrogen functional groups attached to an aromatic ring is 1. The topological polar surface area (TPSA) is 61.7 Å². The number of rotatable bonds is 1. The van der Waals surface area contributed by atoms with Crippen molar-refractivity contribution in [3.63, 3.8) is 0 Å². The number of aryl methyl sites for hydroxylation is 3. The van der Waals surface area contributed by atoms with Gasteiger partial charge in [0.25, 0.3) is 0 Å². The highest BCUT2D eigenvalue weighted by Gasteiger charge is 2.12. The molecular formula is C9H13N5. The molecule has 0 radical (unpaired) electrons. The maximum absolute atomic E-state index is 5.83. The van der Waals surface area contributed by atoms with E-state index in [1.807, 2.05) is 27.2 Å². The van der Waals surface area contributed by atoms with Crippen LogP contribution in [0.5, 0.6) is 0 Å². The first-order chi connectivity index (χ1) is 6.58. The van der Waals surface area contributed by atoms with E-state index < -0.39 is 0 Å². The van der Waals surface area contributed by atoms with Gasteiger partial charge in [-0.3, -0.25) is 9.36 Å². The van der Waals surface area contributed by atoms with E-state index in [1.165, 1.54) is 0 Å². The van der Waals surface area contributed by atoms with Crippen molar-refractivity contribution >= 4 is 5.69 Å². The van der Waals surface area contributed by atoms with Crippen molar-refractivity contribution in [3.05, 3.63) is 18.1 Å². The summed E-state index contributed by atoms with van der Waals surface area (Å²) < 4.78 is 3.47. The molecule has 2 N–H and O–H groups in total. The molecule has 0 unspecified atom stereocenters. The minimum Gasteiger partial charge on any atom is -0.396 e. The van der Waals surface area contributed by atoms with Gasteiger partial charge in [-0.2, -0.15) is 10.2 Å². The Hall–Kier alpha value is -1.78. The molecule has 0 bridgehead atoms. The average molecular weight is 191 g/mol. The van der Waals surface area contributed by atoms with E-state index in [9.17, 15) is 0 Å². The first-order valence-corrected chi connectivity index (χ1v) is 4.37. The summed E-state index contributed by atoms with van der Waals surface area (Å²) in [6.45, 7) is 1.95. The van der Waals surface area contributed by atoms with Gasteiger partial charge in [0.05, 0.1) is 11.4 Å². The van der Waals surface area contributed by atoms with Crippen LogP contribution < -0.4 is 5.73 Å². The SMILES string of the molecule is Cc1nn(C)cc1-c1nn(C)cc1N. The number of hydrogen-bond acceptors (Lipinski definition) is 3. The summed E-state index contributed by atoms with van der Waals surface area (Å²) in [5, 5.41) is 8.54. The highest BCUT2D eigenvalue weighted by molar-refractivity contribution is 5.72. The lowest BCUT2D eigenvalue weighted by molar-refractivity contribution is 0.756. The molecule has 0 saturated heterocycles. The lowest BCUT2D eigenvalue weighted by Crippen LogP contribution is -1.88. The molecule has 2 heterocycles. The Labute approximate surface area is 82.1 Å². The van der Waals surface area contributed by atoms with E-state index in [1.54, 1.807) is 15.6 Å². The second-order valence-electron chi connectivity index (χ2n) is 3.41. The summed E-state index contributed by atoms with van der Waals surface area (Å²) in [6.07, 6.45) is 3.72. The molecule has 5 nitrogen and oxygen atoms in total. The fourth-order valence-corrected chi connectivity index (χ4v) is 1.55. The molecule has 14 heavy (non-hydrogen) atoms. The Morgan fingerprint density at radius 2 is 1.79 bits per heavy atom. The van der Waals surface area contributed by atoms with Gasteiger partial charge in [-0.15, -0.1) is 0 Å². The Balaban J connectivity index is 2.59. The molecule has 0 spiro atoms. The third kappa shape index (κ3) is 1.26. The van der Waals surface area contributed by atoms with Crippen molar-refractivity contribution in [2.24, 2.45) is 14.1 Å². The Bertz CT molecular complexity index is 421. The number of anilines is 1. The lowest BCUT2D eigenvalue weighted by Gasteiger charge is -1.93. The van der Waals surface area contributed by atoms with Gasteiger partial charge >= 0.3 is 0 Å². The van der Waals surface area contributed by atoms with Crippen LogP contribution in [0.15, 0.2) is 12.4 Å². The maximum atomic E-state index is 5.83. The molecule has 74 valence electrons. The second kappa shape index (κ2) is 2.87. The fraction of sp³-hybridized carbons (Fsp3) is 0.333. The first kappa shape index (κ1) is 8.80. The molecule has 2 rings (SSSR count). The van der Waals surface area contributed by atoms with Crippen LogP contribution in [0, 0.1) is 6.92 Å². The average Bonchev–Trinajstić information content (AvgIpc) is 2.55. The van der Waals surface area contributed by atoms with Crippen molar-refractivity contribution < 1.29 is 0 Å². The molecule has 2 aromatic heterocycles. The van der Waals surface area contributed by atoms with Crippen LogP contribution in [0.25, 0.3) is 11.3 Å². The van der Waals surface area contributed by atoms with E-state index in [2.05, 4.69) is 10.2 Å². The number of nitrogens with zero attached hydrogens (tertiary/aromatic N) is 4. The normalized spacial score (nSPS) is 10.8. The molecule has 0 aliphatic carbocycles. The zero-order valence-corrected chi connectivity index (χ0v) is 8.52. The zero-order valence-electron chi connectivity index (χ0n) is 8.52. The summed E-state index contributed by atoms with van der Waals surface area (Å²) in [4.78, 5) is 0. The first-order valence-electron chi connectivity index (χ1n) is 4.37. The van der Waals surface area contributed by atoms with E-state index in [0.717, 1.165) is 17.0 Å². The van der Waals surface area contributed by atoms with Gasteiger partial charge < -0.3 is 5.73 Å². The molecule has 0 aliphatic rings. The molecule has 0 aliphatic heterocycles. The van der Waals surface area contributed by atoms with Gasteiger partial charge in [0.1, 0.15) is 5.69 Å². The molecule has 0 fully saturated rings. The molecule has 0 amide bonds. The van der Waals surface area contributed by atoms with Crippen molar-refractivity contribution in [1.82, 2.24) is 19.6 Å². The number of aromatic nitrogens is 4. The van der Waals surface area contributed by atoms with Gasteiger partial charge in [0, 0.05) is 32.1 Å². The van der Waals surface area contributed by atoms with Crippen LogP contribution in [0.2, 0.25) is 0 Å². The van der Waals surface area contributed by atoms with Crippen LogP contribution in [-0.2, 0) is 14.1 Å². The van der Waals surface area contributed by atoms with E-state index in [0.29, 0.717) is 5.69 Å². The van der Waals surface area contributed by atoms with Crippen molar-refractivity contribution in [2.45, 2.75) is 6.92 Å². The smallest absolute Gasteiger partial charge is 0.119 e. The molecule has 0 saturated carbocycles. The summed E-state index contributed by atoms with van der Waals surface area (Å²) in [5.74, 6) is 0. The van der Waals surface area contributed by atoms with Gasteiger partial charge in [-0.25, -0.2) is 0 Å². The number of hydrogen-bond donors (Lipinski definition) is 1. The summed E-state index contributed by atoms with van der Waals surface area (Å²) in [5.41, 5.74) is 9.25. The molecule has 5 heteroatoms. The Morgan fingerprint density at radius 1 is 1.14 bits per heavy atom. The van der Waals surface area contributed by atoms with Gasteiger partial charge in [-0.1, -0.05) is 0 Å². The van der Waals surface area contributed by atoms with Crippen molar-refractivity contribution in [1.29, 1.82) is 0 Å². The van der Waals surface area contributed by atoms with Crippen LogP contribution in [0.3, 0.4) is 0 Å². The molecule has 0 aromatic carbocycles. The molecule has 2 aromatic rings. The fourth-order valence-electron chi connectivity index (χ4n) is 1.55. The quantitative estimate of drug-likeness (QED) is 0.722. The Kier molecular flexibility index (Phi) is 1.80. The van der Waals surface area contributed by atoms with Gasteiger partial charge in [0.2, 0.25) is 0 Å². The summed E-state index contributed by atoms with van der Waals surface area (Å²) in [6, 6.07) is 0. The molecular weight excluding hydrogens is 178 g/mol. The monoisotopic (exact) mass is 191 g/mol. The summed E-state index contributed by atoms with van der Waals surface area (Å²) in [7, 11) is 3.74. The largest absolute Gasteiger partial charge is 0.396 e. The maximum Gasteiger partial charge on any atom is 0.119 e. The summed E-state index contributed by atoms with van der Waals surface area (Å²) >= 11 is 0. The Morgan fingerprint density at radius 3 is 2.21 bits per heavy atom. The highest BCUT2D eigenvalue weighted by atomic mass is 15.3. The third-order valence-corrected chi connectivity index (χ3v) is 2.13. The minimum absolute atomic E-state index is 0.684. The molecule has 0 atom stereocenters. The van der Waals surface area contributed by atoms with Crippen LogP contribution in [0.1, 0.15) is 5.69 Å². The van der Waals surface area contributed by atoms with E-state index in [-0.39, 0.29) is 0 Å². The predicted molar refractivity (Wildman–Crippen MR) is 54.6 cm³/mol. The van der Waals surface area contributed by atoms with Gasteiger partial charge in [-0.05, 0) is 6.92 Å². The van der Waals surface area contributed by atoms with Crippen molar-refractivity contribution in [3.8, 4) is 11.3 Å². The predicted octanol–water partition coefficient (Wildman–Crippen LogP) is 0.711. The third-order valence-electron chi connectivity index (χ3n) is 2.13. The highest BCUT2D eigenvalue weighted by Crippen LogP contribution is 2.25. The van der Waals surface area contributed by atoms with Gasteiger partial charge in [0.15, 0.2) is 0 Å². The van der Waals surface area contributed by atoms with Crippen LogP contribution in [-0.4, -0.2) is 19.6 Å². The van der Waals surface area contributed by atoms with E-state index >= 15 is 0 Å². The van der Waals surface area contributed by atoms with Crippen molar-refractivity contribution in [2.75, 3.05) is 5.73 Å². The zero-order chi connectivity index (χ0) is 10.3.